The van der Waals surface area contributed by atoms with Crippen LogP contribution in [0.1, 0.15) is 42.3 Å². The maximum absolute atomic E-state index is 13.7. The van der Waals surface area contributed by atoms with Crippen molar-refractivity contribution < 1.29 is 23.4 Å². The van der Waals surface area contributed by atoms with Gasteiger partial charge in [0, 0.05) is 29.8 Å². The fraction of sp³-hybridized carbons (Fsp3) is 0.308. The Bertz CT molecular complexity index is 1370. The molecule has 35 heavy (non-hydrogen) atoms. The van der Waals surface area contributed by atoms with Gasteiger partial charge in [0.2, 0.25) is 0 Å². The molecule has 0 radical (unpaired) electrons. The molecule has 1 unspecified atom stereocenters. The van der Waals surface area contributed by atoms with Crippen LogP contribution in [0.15, 0.2) is 59.1 Å². The topological polar surface area (TPSA) is 102 Å². The Balaban J connectivity index is 1.42. The molecule has 1 atom stereocenters. The third-order valence-corrected chi connectivity index (χ3v) is 10.4. The number of fused-ring (bicyclic) bond motifs is 1. The zero-order valence-corrected chi connectivity index (χ0v) is 21.3. The van der Waals surface area contributed by atoms with Gasteiger partial charge in [-0.05, 0) is 55.4 Å². The van der Waals surface area contributed by atoms with Crippen LogP contribution >= 0.6 is 18.9 Å². The lowest BCUT2D eigenvalue weighted by atomic mass is 9.91. The minimum atomic E-state index is -3.26. The number of aromatic nitrogens is 1. The van der Waals surface area contributed by atoms with Crippen LogP contribution in [0.3, 0.4) is 0 Å². The molecule has 9 heteroatoms. The Kier molecular flexibility index (Phi) is 6.53. The minimum absolute atomic E-state index is 0.119. The van der Waals surface area contributed by atoms with Crippen molar-refractivity contribution in [3.8, 4) is 21.8 Å². The van der Waals surface area contributed by atoms with Crippen LogP contribution < -0.4 is 5.09 Å². The molecular weight excluding hydrogens is 483 g/mol. The Labute approximate surface area is 207 Å². The standard InChI is InChI=1S/C26H27N2O5PS/c1-16-5-11-19(12-6-16)34(31,32-2)28-21-15-24(35-25(21)26(29)30)18-9-7-17(8-10-18)23-14-20-22(33-23)4-3-13-27-20/h3-4,7-10,13-16,19H,5-6,11-12H2,1-2H3,(H,28,31)(H,29,30). The Morgan fingerprint density at radius 1 is 1.14 bits per heavy atom. The van der Waals surface area contributed by atoms with Gasteiger partial charge in [-0.25, -0.2) is 4.79 Å². The van der Waals surface area contributed by atoms with Crippen molar-refractivity contribution in [2.75, 3.05) is 12.2 Å². The van der Waals surface area contributed by atoms with Crippen LogP contribution in [0.5, 0.6) is 0 Å². The number of rotatable bonds is 7. The van der Waals surface area contributed by atoms with E-state index in [1.165, 1.54) is 7.11 Å². The fourth-order valence-electron chi connectivity index (χ4n) is 4.62. The predicted octanol–water partition coefficient (Wildman–Crippen LogP) is 7.75. The number of thiophene rings is 1. The van der Waals surface area contributed by atoms with Gasteiger partial charge in [0.25, 0.3) is 7.52 Å². The highest BCUT2D eigenvalue weighted by Gasteiger charge is 2.37. The zero-order chi connectivity index (χ0) is 24.6. The SMILES string of the molecule is COP(=O)(Nc1cc(-c2ccc(-c3cc4ncccc4o3)cc2)sc1C(=O)O)C1CCC(C)CC1. The maximum Gasteiger partial charge on any atom is 0.348 e. The van der Waals surface area contributed by atoms with Gasteiger partial charge < -0.3 is 19.1 Å². The van der Waals surface area contributed by atoms with Crippen molar-refractivity contribution in [3.63, 3.8) is 0 Å². The van der Waals surface area contributed by atoms with Gasteiger partial charge in [-0.3, -0.25) is 9.55 Å². The molecule has 1 aliphatic rings. The summed E-state index contributed by atoms with van der Waals surface area (Å²) < 4.78 is 25.1. The molecule has 0 amide bonds. The third-order valence-electron chi connectivity index (χ3n) is 6.68. The van der Waals surface area contributed by atoms with Crippen LogP contribution in [0, 0.1) is 5.92 Å². The van der Waals surface area contributed by atoms with Gasteiger partial charge in [0.05, 0.1) is 11.3 Å². The number of furan rings is 1. The first-order valence-electron chi connectivity index (χ1n) is 11.6. The summed E-state index contributed by atoms with van der Waals surface area (Å²) in [4.78, 5) is 17.2. The number of carboxylic acids is 1. The van der Waals surface area contributed by atoms with E-state index in [0.717, 1.165) is 64.1 Å². The average Bonchev–Trinajstić information content (AvgIpc) is 3.49. The molecule has 182 valence electrons. The molecule has 0 aliphatic heterocycles. The van der Waals surface area contributed by atoms with Gasteiger partial charge in [0.1, 0.15) is 16.2 Å². The molecule has 1 saturated carbocycles. The molecule has 1 fully saturated rings. The van der Waals surface area contributed by atoms with E-state index in [4.69, 9.17) is 8.94 Å². The summed E-state index contributed by atoms with van der Waals surface area (Å²) >= 11 is 1.15. The number of carboxylic acid groups (broad SMARTS) is 1. The summed E-state index contributed by atoms with van der Waals surface area (Å²) in [5.41, 5.74) is 3.50. The summed E-state index contributed by atoms with van der Waals surface area (Å²) in [7, 11) is -1.82. The Hall–Kier alpha value is -2.93. The van der Waals surface area contributed by atoms with Gasteiger partial charge >= 0.3 is 5.97 Å². The molecule has 7 nitrogen and oxygen atoms in total. The monoisotopic (exact) mass is 510 g/mol. The van der Waals surface area contributed by atoms with Gasteiger partial charge in [0.15, 0.2) is 5.58 Å². The van der Waals surface area contributed by atoms with Crippen molar-refractivity contribution in [3.05, 3.63) is 59.6 Å². The minimum Gasteiger partial charge on any atom is -0.477 e. The first-order chi connectivity index (χ1) is 16.9. The van der Waals surface area contributed by atoms with E-state index in [0.29, 0.717) is 17.4 Å². The summed E-state index contributed by atoms with van der Waals surface area (Å²) in [6.07, 6.45) is 5.32. The van der Waals surface area contributed by atoms with Crippen LogP contribution in [-0.2, 0) is 9.09 Å². The third kappa shape index (κ3) is 4.79. The van der Waals surface area contributed by atoms with Gasteiger partial charge in [-0.1, -0.05) is 31.2 Å². The molecule has 3 aromatic heterocycles. The second-order valence-electron chi connectivity index (χ2n) is 9.04. The highest BCUT2D eigenvalue weighted by Crippen LogP contribution is 2.57. The molecule has 0 bridgehead atoms. The molecule has 1 aliphatic carbocycles. The van der Waals surface area contributed by atoms with Crippen LogP contribution in [-0.4, -0.2) is 28.8 Å². The highest BCUT2D eigenvalue weighted by molar-refractivity contribution is 7.61. The summed E-state index contributed by atoms with van der Waals surface area (Å²) in [6.45, 7) is 2.20. The number of anilines is 1. The van der Waals surface area contributed by atoms with Gasteiger partial charge in [-0.2, -0.15) is 0 Å². The first kappa shape index (κ1) is 23.8. The number of carbonyl (C=O) groups is 1. The second-order valence-corrected chi connectivity index (χ2v) is 12.6. The molecule has 3 heterocycles. The summed E-state index contributed by atoms with van der Waals surface area (Å²) in [5.74, 6) is 0.264. The molecule has 2 N–H and O–H groups in total. The van der Waals surface area contributed by atoms with Gasteiger partial charge in [-0.15, -0.1) is 11.3 Å². The predicted molar refractivity (Wildman–Crippen MR) is 139 cm³/mol. The van der Waals surface area contributed by atoms with Crippen LogP contribution in [0.4, 0.5) is 5.69 Å². The largest absolute Gasteiger partial charge is 0.477 e. The quantitative estimate of drug-likeness (QED) is 0.245. The van der Waals surface area contributed by atoms with Crippen molar-refractivity contribution in [2.45, 2.75) is 38.3 Å². The lowest BCUT2D eigenvalue weighted by molar-refractivity contribution is 0.0703. The van der Waals surface area contributed by atoms with Crippen LogP contribution in [0.2, 0.25) is 0 Å². The lowest BCUT2D eigenvalue weighted by Crippen LogP contribution is -2.22. The van der Waals surface area contributed by atoms with Crippen molar-refractivity contribution in [1.29, 1.82) is 0 Å². The summed E-state index contributed by atoms with van der Waals surface area (Å²) in [5, 5.41) is 12.8. The number of aromatic carboxylic acids is 1. The maximum atomic E-state index is 13.7. The van der Waals surface area contributed by atoms with Crippen molar-refractivity contribution in [2.24, 2.45) is 5.92 Å². The molecule has 0 saturated heterocycles. The van der Waals surface area contributed by atoms with E-state index >= 15 is 0 Å². The number of nitrogens with one attached hydrogen (secondary N) is 1. The highest BCUT2D eigenvalue weighted by atomic mass is 32.1. The number of nitrogens with zero attached hydrogens (tertiary/aromatic N) is 1. The van der Waals surface area contributed by atoms with E-state index in [1.54, 1.807) is 12.3 Å². The van der Waals surface area contributed by atoms with Crippen molar-refractivity contribution in [1.82, 2.24) is 4.98 Å². The molecule has 0 spiro atoms. The molecule has 5 rings (SSSR count). The van der Waals surface area contributed by atoms with E-state index < -0.39 is 13.5 Å². The second kappa shape index (κ2) is 9.61. The number of hydrogen-bond acceptors (Lipinski definition) is 6. The average molecular weight is 511 g/mol. The zero-order valence-electron chi connectivity index (χ0n) is 19.6. The fourth-order valence-corrected chi connectivity index (χ4v) is 7.72. The van der Waals surface area contributed by atoms with E-state index in [1.807, 2.05) is 42.5 Å². The molecular formula is C26H27N2O5PS. The lowest BCUT2D eigenvalue weighted by Gasteiger charge is -2.32. The van der Waals surface area contributed by atoms with E-state index in [9.17, 15) is 14.5 Å². The number of pyridine rings is 1. The van der Waals surface area contributed by atoms with Crippen molar-refractivity contribution >= 4 is 41.6 Å². The normalized spacial score (nSPS) is 19.9. The first-order valence-corrected chi connectivity index (χ1v) is 14.1. The number of benzene rings is 1. The summed E-state index contributed by atoms with van der Waals surface area (Å²) in [6, 6.07) is 15.1. The smallest absolute Gasteiger partial charge is 0.348 e. The van der Waals surface area contributed by atoms with Crippen LogP contribution in [0.25, 0.3) is 32.9 Å². The van der Waals surface area contributed by atoms with E-state index in [2.05, 4.69) is 17.0 Å². The molecule has 1 aromatic carbocycles. The Morgan fingerprint density at radius 3 is 2.51 bits per heavy atom. The van der Waals surface area contributed by atoms with E-state index in [-0.39, 0.29) is 10.5 Å². The number of hydrogen-bond donors (Lipinski definition) is 2. The molecule has 4 aromatic rings. The Morgan fingerprint density at radius 2 is 1.86 bits per heavy atom.